The van der Waals surface area contributed by atoms with Crippen molar-refractivity contribution in [3.63, 3.8) is 0 Å². The Kier molecular flexibility index (Phi) is 6.00. The maximum absolute atomic E-state index is 12.3. The first-order valence-corrected chi connectivity index (χ1v) is 9.19. The fourth-order valence-corrected chi connectivity index (χ4v) is 3.04. The molecule has 0 atom stereocenters. The SMILES string of the molecule is CCOc1ccc(NC(=S)NC(=O)CCN2C(=O)c3ccccc3C2=O)cc1. The molecule has 144 valence electrons. The van der Waals surface area contributed by atoms with E-state index in [1.54, 1.807) is 48.5 Å². The van der Waals surface area contributed by atoms with Crippen molar-refractivity contribution >= 4 is 40.7 Å². The molecule has 0 fully saturated rings. The predicted octanol–water partition coefficient (Wildman–Crippen LogP) is 2.58. The van der Waals surface area contributed by atoms with Crippen molar-refractivity contribution in [1.82, 2.24) is 10.2 Å². The normalized spacial score (nSPS) is 12.5. The van der Waals surface area contributed by atoms with Crippen LogP contribution in [0.4, 0.5) is 5.69 Å². The molecule has 0 spiro atoms. The van der Waals surface area contributed by atoms with E-state index >= 15 is 0 Å². The number of imide groups is 1. The van der Waals surface area contributed by atoms with Gasteiger partial charge in [0, 0.05) is 18.7 Å². The van der Waals surface area contributed by atoms with Crippen LogP contribution in [0.3, 0.4) is 0 Å². The van der Waals surface area contributed by atoms with Gasteiger partial charge in [0.1, 0.15) is 5.75 Å². The molecule has 2 N–H and O–H groups in total. The number of hydrogen-bond donors (Lipinski definition) is 2. The second-order valence-corrected chi connectivity index (χ2v) is 6.43. The minimum absolute atomic E-state index is 0.0101. The maximum Gasteiger partial charge on any atom is 0.261 e. The molecule has 7 nitrogen and oxygen atoms in total. The Morgan fingerprint density at radius 2 is 1.64 bits per heavy atom. The zero-order valence-corrected chi connectivity index (χ0v) is 16.0. The number of carbonyl (C=O) groups is 3. The second-order valence-electron chi connectivity index (χ2n) is 6.02. The first-order chi connectivity index (χ1) is 13.5. The molecular formula is C20H19N3O4S. The van der Waals surface area contributed by atoms with Gasteiger partial charge in [0.2, 0.25) is 5.91 Å². The van der Waals surface area contributed by atoms with Gasteiger partial charge in [-0.3, -0.25) is 19.3 Å². The Hall–Kier alpha value is -3.26. The standard InChI is InChI=1S/C20H19N3O4S/c1-2-27-14-9-7-13(8-10-14)21-20(28)22-17(24)11-12-23-18(25)15-5-3-4-6-16(15)19(23)26/h3-10H,2,11-12H2,1H3,(H2,21,22,24,28). The summed E-state index contributed by atoms with van der Waals surface area (Å²) in [6, 6.07) is 13.7. The highest BCUT2D eigenvalue weighted by Crippen LogP contribution is 2.22. The number of amides is 3. The molecule has 2 aromatic carbocycles. The van der Waals surface area contributed by atoms with Gasteiger partial charge in [-0.1, -0.05) is 12.1 Å². The largest absolute Gasteiger partial charge is 0.494 e. The van der Waals surface area contributed by atoms with Crippen LogP contribution in [0.2, 0.25) is 0 Å². The summed E-state index contributed by atoms with van der Waals surface area (Å²) in [6.45, 7) is 2.47. The van der Waals surface area contributed by atoms with Crippen LogP contribution in [-0.4, -0.2) is 40.9 Å². The lowest BCUT2D eigenvalue weighted by Gasteiger charge is -2.14. The van der Waals surface area contributed by atoms with Gasteiger partial charge in [-0.25, -0.2) is 0 Å². The summed E-state index contributed by atoms with van der Waals surface area (Å²) in [6.07, 6.45) is -0.0451. The second kappa shape index (κ2) is 8.62. The Balaban J connectivity index is 1.49. The highest BCUT2D eigenvalue weighted by Gasteiger charge is 2.34. The van der Waals surface area contributed by atoms with Crippen molar-refractivity contribution in [2.24, 2.45) is 0 Å². The van der Waals surface area contributed by atoms with Gasteiger partial charge in [-0.15, -0.1) is 0 Å². The third-order valence-electron chi connectivity index (χ3n) is 4.12. The van der Waals surface area contributed by atoms with Crippen LogP contribution in [0.15, 0.2) is 48.5 Å². The summed E-state index contributed by atoms with van der Waals surface area (Å²) in [5.74, 6) is -0.420. The number of anilines is 1. The van der Waals surface area contributed by atoms with Crippen molar-refractivity contribution in [2.75, 3.05) is 18.5 Å². The van der Waals surface area contributed by atoms with Gasteiger partial charge in [-0.2, -0.15) is 0 Å². The Labute approximate surface area is 167 Å². The molecule has 0 unspecified atom stereocenters. The average molecular weight is 397 g/mol. The molecule has 1 aliphatic heterocycles. The lowest BCUT2D eigenvalue weighted by Crippen LogP contribution is -2.38. The molecule has 28 heavy (non-hydrogen) atoms. The minimum Gasteiger partial charge on any atom is -0.494 e. The minimum atomic E-state index is -0.389. The number of thiocarbonyl (C=S) groups is 1. The quantitative estimate of drug-likeness (QED) is 0.575. The molecule has 0 bridgehead atoms. The smallest absolute Gasteiger partial charge is 0.261 e. The lowest BCUT2D eigenvalue weighted by atomic mass is 10.1. The van der Waals surface area contributed by atoms with Crippen molar-refractivity contribution in [1.29, 1.82) is 0 Å². The van der Waals surface area contributed by atoms with E-state index in [-0.39, 0.29) is 35.8 Å². The maximum atomic E-state index is 12.3. The van der Waals surface area contributed by atoms with E-state index in [2.05, 4.69) is 10.6 Å². The fourth-order valence-electron chi connectivity index (χ4n) is 2.81. The third-order valence-corrected chi connectivity index (χ3v) is 4.32. The number of carbonyl (C=O) groups excluding carboxylic acids is 3. The number of benzene rings is 2. The number of nitrogens with zero attached hydrogens (tertiary/aromatic N) is 1. The lowest BCUT2D eigenvalue weighted by molar-refractivity contribution is -0.119. The van der Waals surface area contributed by atoms with E-state index in [0.717, 1.165) is 10.6 Å². The summed E-state index contributed by atoms with van der Waals surface area (Å²) in [5, 5.41) is 5.58. The molecule has 0 saturated carbocycles. The van der Waals surface area contributed by atoms with E-state index in [4.69, 9.17) is 17.0 Å². The average Bonchev–Trinajstić information content (AvgIpc) is 2.92. The van der Waals surface area contributed by atoms with E-state index in [1.165, 1.54) is 0 Å². The van der Waals surface area contributed by atoms with Crippen molar-refractivity contribution < 1.29 is 19.1 Å². The Morgan fingerprint density at radius 3 is 2.21 bits per heavy atom. The predicted molar refractivity (Wildman–Crippen MR) is 108 cm³/mol. The molecule has 1 heterocycles. The van der Waals surface area contributed by atoms with Crippen LogP contribution in [0, 0.1) is 0 Å². The number of ether oxygens (including phenoxy) is 1. The monoisotopic (exact) mass is 397 g/mol. The highest BCUT2D eigenvalue weighted by molar-refractivity contribution is 7.80. The van der Waals surface area contributed by atoms with Crippen LogP contribution in [0.5, 0.6) is 5.75 Å². The summed E-state index contributed by atoms with van der Waals surface area (Å²) in [5.41, 5.74) is 1.43. The summed E-state index contributed by atoms with van der Waals surface area (Å²) >= 11 is 5.13. The number of rotatable bonds is 6. The molecule has 2 aromatic rings. The number of nitrogens with one attached hydrogen (secondary N) is 2. The van der Waals surface area contributed by atoms with Crippen molar-refractivity contribution in [2.45, 2.75) is 13.3 Å². The molecule has 0 radical (unpaired) electrons. The fraction of sp³-hybridized carbons (Fsp3) is 0.200. The van der Waals surface area contributed by atoms with Crippen LogP contribution in [0.1, 0.15) is 34.1 Å². The van der Waals surface area contributed by atoms with E-state index in [1.807, 2.05) is 6.92 Å². The molecule has 8 heteroatoms. The van der Waals surface area contributed by atoms with Crippen molar-refractivity contribution in [3.05, 3.63) is 59.7 Å². The first kappa shape index (κ1) is 19.5. The molecule has 0 aromatic heterocycles. The van der Waals surface area contributed by atoms with Gasteiger partial charge in [0.15, 0.2) is 5.11 Å². The van der Waals surface area contributed by atoms with E-state index < -0.39 is 0 Å². The highest BCUT2D eigenvalue weighted by atomic mass is 32.1. The summed E-state index contributed by atoms with van der Waals surface area (Å²) in [4.78, 5) is 37.8. The van der Waals surface area contributed by atoms with Crippen LogP contribution in [-0.2, 0) is 4.79 Å². The molecule has 3 rings (SSSR count). The van der Waals surface area contributed by atoms with Gasteiger partial charge < -0.3 is 15.4 Å². The summed E-state index contributed by atoms with van der Waals surface area (Å²) in [7, 11) is 0. The van der Waals surface area contributed by atoms with Gasteiger partial charge in [-0.05, 0) is 55.5 Å². The van der Waals surface area contributed by atoms with E-state index in [9.17, 15) is 14.4 Å². The molecule has 0 aliphatic carbocycles. The van der Waals surface area contributed by atoms with Crippen LogP contribution >= 0.6 is 12.2 Å². The molecule has 0 saturated heterocycles. The Morgan fingerprint density at radius 1 is 1.04 bits per heavy atom. The molecule has 1 aliphatic rings. The summed E-state index contributed by atoms with van der Waals surface area (Å²) < 4.78 is 5.36. The van der Waals surface area contributed by atoms with Gasteiger partial charge in [0.05, 0.1) is 17.7 Å². The van der Waals surface area contributed by atoms with Gasteiger partial charge >= 0.3 is 0 Å². The van der Waals surface area contributed by atoms with E-state index in [0.29, 0.717) is 23.4 Å². The molecule has 3 amide bonds. The van der Waals surface area contributed by atoms with Crippen LogP contribution in [0.25, 0.3) is 0 Å². The number of fused-ring (bicyclic) bond motifs is 1. The first-order valence-electron chi connectivity index (χ1n) is 8.78. The van der Waals surface area contributed by atoms with Crippen LogP contribution < -0.4 is 15.4 Å². The Bertz CT molecular complexity index is 892. The van der Waals surface area contributed by atoms with Crippen molar-refractivity contribution in [3.8, 4) is 5.75 Å². The zero-order chi connectivity index (χ0) is 20.1. The van der Waals surface area contributed by atoms with Gasteiger partial charge in [0.25, 0.3) is 11.8 Å². The zero-order valence-electron chi connectivity index (χ0n) is 15.2. The third kappa shape index (κ3) is 4.34. The molecular weight excluding hydrogens is 378 g/mol. The topological polar surface area (TPSA) is 87.7 Å². The number of hydrogen-bond acceptors (Lipinski definition) is 5.